The summed E-state index contributed by atoms with van der Waals surface area (Å²) in [7, 11) is 0. The lowest BCUT2D eigenvalue weighted by Gasteiger charge is -2.50. The Bertz CT molecular complexity index is 2380. The van der Waals surface area contributed by atoms with E-state index in [-0.39, 0.29) is 22.7 Å². The summed E-state index contributed by atoms with van der Waals surface area (Å²) >= 11 is 2.34. The predicted molar refractivity (Wildman–Crippen MR) is 245 cm³/mol. The van der Waals surface area contributed by atoms with Gasteiger partial charge in [-0.15, -0.1) is 23.1 Å². The number of anilines is 1. The number of hydrogen-bond donors (Lipinski definition) is 3. The molecule has 3 aromatic carbocycles. The number of hydrogen-bond acceptors (Lipinski definition) is 15. The highest BCUT2D eigenvalue weighted by molar-refractivity contribution is 8.00. The number of amides is 3. The molecule has 3 N–H and O–H groups in total. The van der Waals surface area contributed by atoms with Gasteiger partial charge in [-0.2, -0.15) is 0 Å². The molecule has 4 aromatic rings. The second-order valence-electron chi connectivity index (χ2n) is 17.6. The minimum Gasteiger partial charge on any atom is -0.457 e. The number of carbonyl (C=O) groups excluding carboxylic acids is 6. The third-order valence-electron chi connectivity index (χ3n) is 9.83. The highest BCUT2D eigenvalue weighted by atomic mass is 32.2. The van der Waals surface area contributed by atoms with Gasteiger partial charge in [0.2, 0.25) is 18.2 Å². The van der Waals surface area contributed by atoms with E-state index in [2.05, 4.69) is 21.1 Å². The van der Waals surface area contributed by atoms with Crippen molar-refractivity contribution >= 4 is 70.1 Å². The van der Waals surface area contributed by atoms with E-state index in [4.69, 9.17) is 24.0 Å². The SMILES string of the molecule is CC(=O)OC(NC(=O)C(=NOC(C)(C)C(=O)OC(C)(C)C)c1csc(NC(c2ccccc2)(c2ccccc2)c2ccccc2)n1)C1=C(C(=O)OC(C)(C)C)N2C(=O)[C@H](NC=O)[C@H]2SC1. The van der Waals surface area contributed by atoms with Crippen LogP contribution >= 0.6 is 23.1 Å². The van der Waals surface area contributed by atoms with Crippen molar-refractivity contribution in [3.63, 3.8) is 0 Å². The molecule has 3 heterocycles. The molecular weight excluding hydrogens is 873 g/mol. The molecule has 1 aromatic heterocycles. The average Bonchev–Trinajstić information content (AvgIpc) is 3.71. The molecule has 0 saturated carbocycles. The normalized spacial score (nSPS) is 17.2. The van der Waals surface area contributed by atoms with Crippen LogP contribution in [0.15, 0.2) is 113 Å². The van der Waals surface area contributed by atoms with Crippen molar-refractivity contribution in [2.24, 2.45) is 5.16 Å². The van der Waals surface area contributed by atoms with E-state index >= 15 is 0 Å². The van der Waals surface area contributed by atoms with Crippen LogP contribution in [0.5, 0.6) is 0 Å². The summed E-state index contributed by atoms with van der Waals surface area (Å²) in [5, 5.41) is 14.3. The summed E-state index contributed by atoms with van der Waals surface area (Å²) in [6.07, 6.45) is -1.27. The lowest BCUT2D eigenvalue weighted by Crippen LogP contribution is -2.70. The van der Waals surface area contributed by atoms with Gasteiger partial charge in [-0.3, -0.25) is 24.1 Å². The molecule has 65 heavy (non-hydrogen) atoms. The molecule has 0 radical (unpaired) electrons. The van der Waals surface area contributed by atoms with Crippen molar-refractivity contribution < 1.29 is 47.8 Å². The zero-order chi connectivity index (χ0) is 47.3. The molecule has 0 aliphatic carbocycles. The highest BCUT2D eigenvalue weighted by Crippen LogP contribution is 2.43. The Hall–Kier alpha value is -6.53. The number of carbonyl (C=O) groups is 6. The van der Waals surface area contributed by atoms with Crippen LogP contribution in [0.3, 0.4) is 0 Å². The summed E-state index contributed by atoms with van der Waals surface area (Å²) in [5.74, 6) is -4.18. The Morgan fingerprint density at radius 1 is 0.831 bits per heavy atom. The van der Waals surface area contributed by atoms with E-state index in [1.54, 1.807) is 46.9 Å². The van der Waals surface area contributed by atoms with E-state index in [9.17, 15) is 28.8 Å². The van der Waals surface area contributed by atoms with E-state index in [0.29, 0.717) is 11.5 Å². The first-order valence-corrected chi connectivity index (χ1v) is 22.6. The monoisotopic (exact) mass is 924 g/mol. The number of fused-ring (bicyclic) bond motifs is 1. The second kappa shape index (κ2) is 19.3. The summed E-state index contributed by atoms with van der Waals surface area (Å²) in [6, 6.07) is 28.5. The average molecular weight is 925 g/mol. The standard InChI is InChI=1S/C47H52N6O10S2/c1-28(55)60-38(32-25-64-40-35(48-27-54)39(57)53(40)36(32)41(58)61-44(2,3)4)50-37(56)34(52-63-46(8,9)42(59)62-45(5,6)7)33-26-65-43(49-33)51-47(29-19-13-10-14-20-29,30-21-15-11-16-22-30)31-23-17-12-18-24-31/h10-24,26-27,35,38,40H,25H2,1-9H3,(H,48,54)(H,49,51)(H,50,56)/t35-,38?,40+/m0/s1. The lowest BCUT2D eigenvalue weighted by molar-refractivity contribution is -0.179. The summed E-state index contributed by atoms with van der Waals surface area (Å²) < 4.78 is 17.0. The van der Waals surface area contributed by atoms with Gasteiger partial charge in [0.25, 0.3) is 11.8 Å². The molecule has 1 fully saturated rings. The Labute approximate surface area is 385 Å². The van der Waals surface area contributed by atoms with Crippen molar-refractivity contribution in [1.82, 2.24) is 20.5 Å². The first kappa shape index (κ1) is 47.9. The molecule has 3 atom stereocenters. The Balaban J connectivity index is 1.45. The van der Waals surface area contributed by atoms with Crippen LogP contribution in [0.4, 0.5) is 5.13 Å². The molecule has 2 aliphatic rings. The first-order valence-electron chi connectivity index (χ1n) is 20.6. The third-order valence-corrected chi connectivity index (χ3v) is 11.9. The topological polar surface area (TPSA) is 204 Å². The van der Waals surface area contributed by atoms with Crippen molar-refractivity contribution in [3.8, 4) is 0 Å². The number of thioether (sulfide) groups is 1. The van der Waals surface area contributed by atoms with Gasteiger partial charge in [0.1, 0.15) is 39.5 Å². The minimum atomic E-state index is -1.72. The number of esters is 3. The van der Waals surface area contributed by atoms with Crippen LogP contribution in [-0.4, -0.2) is 91.9 Å². The summed E-state index contributed by atoms with van der Waals surface area (Å²) in [6.45, 7) is 14.0. The van der Waals surface area contributed by atoms with Crippen LogP contribution in [0.1, 0.15) is 84.7 Å². The van der Waals surface area contributed by atoms with Crippen molar-refractivity contribution in [2.45, 2.75) is 102 Å². The highest BCUT2D eigenvalue weighted by Gasteiger charge is 2.55. The van der Waals surface area contributed by atoms with Gasteiger partial charge in [-0.1, -0.05) is 96.2 Å². The quantitative estimate of drug-likeness (QED) is 0.0172. The van der Waals surface area contributed by atoms with E-state index in [1.165, 1.54) is 36.9 Å². The maximum Gasteiger partial charge on any atom is 0.355 e. The molecule has 0 bridgehead atoms. The zero-order valence-electron chi connectivity index (χ0n) is 37.5. The van der Waals surface area contributed by atoms with Crippen molar-refractivity contribution in [3.05, 3.63) is 130 Å². The molecule has 2 aliphatic heterocycles. The van der Waals surface area contributed by atoms with Crippen molar-refractivity contribution in [2.75, 3.05) is 11.1 Å². The van der Waals surface area contributed by atoms with Gasteiger partial charge in [-0.05, 0) is 72.1 Å². The van der Waals surface area contributed by atoms with Gasteiger partial charge < -0.3 is 35.0 Å². The number of nitrogens with zero attached hydrogens (tertiary/aromatic N) is 3. The molecular formula is C47H52N6O10S2. The fourth-order valence-electron chi connectivity index (χ4n) is 6.98. The number of aromatic nitrogens is 1. The number of ether oxygens (including phenoxy) is 3. The van der Waals surface area contributed by atoms with Gasteiger partial charge in [0, 0.05) is 23.6 Å². The van der Waals surface area contributed by atoms with Gasteiger partial charge in [0.05, 0.1) is 0 Å². The van der Waals surface area contributed by atoms with Crippen LogP contribution in [0, 0.1) is 0 Å². The molecule has 1 unspecified atom stereocenters. The van der Waals surface area contributed by atoms with Crippen LogP contribution < -0.4 is 16.0 Å². The van der Waals surface area contributed by atoms with Crippen molar-refractivity contribution in [1.29, 1.82) is 0 Å². The number of β-lactam (4-membered cyclic amide) rings is 1. The number of oxime groups is 1. The molecule has 18 heteroatoms. The number of nitrogens with one attached hydrogen (secondary N) is 3. The summed E-state index contributed by atoms with van der Waals surface area (Å²) in [4.78, 5) is 91.4. The Morgan fingerprint density at radius 3 is 1.86 bits per heavy atom. The minimum absolute atomic E-state index is 0.000206. The molecule has 3 amide bonds. The lowest BCUT2D eigenvalue weighted by atomic mass is 9.77. The fourth-order valence-corrected chi connectivity index (χ4v) is 9.11. The third kappa shape index (κ3) is 10.9. The predicted octanol–water partition coefficient (Wildman–Crippen LogP) is 6.02. The van der Waals surface area contributed by atoms with Gasteiger partial charge in [0.15, 0.2) is 10.8 Å². The number of thiazole rings is 1. The second-order valence-corrected chi connectivity index (χ2v) is 19.5. The Morgan fingerprint density at radius 2 is 1.37 bits per heavy atom. The molecule has 16 nitrogen and oxygen atoms in total. The zero-order valence-corrected chi connectivity index (χ0v) is 39.1. The first-order chi connectivity index (χ1) is 30.6. The van der Waals surface area contributed by atoms with Crippen LogP contribution in [0.25, 0.3) is 0 Å². The fraction of sp³-hybridized carbons (Fsp3) is 0.362. The smallest absolute Gasteiger partial charge is 0.355 e. The number of rotatable bonds is 16. The van der Waals surface area contributed by atoms with Gasteiger partial charge >= 0.3 is 17.9 Å². The van der Waals surface area contributed by atoms with E-state index in [0.717, 1.165) is 28.5 Å². The van der Waals surface area contributed by atoms with E-state index < -0.39 is 75.4 Å². The summed E-state index contributed by atoms with van der Waals surface area (Å²) in [5.41, 5.74) is -2.62. The van der Waals surface area contributed by atoms with E-state index in [1.807, 2.05) is 91.0 Å². The maximum atomic E-state index is 14.8. The maximum absolute atomic E-state index is 14.8. The largest absolute Gasteiger partial charge is 0.457 e. The van der Waals surface area contributed by atoms with Crippen LogP contribution in [0.2, 0.25) is 0 Å². The molecule has 6 rings (SSSR count). The number of benzene rings is 3. The molecule has 1 saturated heterocycles. The van der Waals surface area contributed by atoms with Crippen LogP contribution in [-0.2, 0) is 53.4 Å². The molecule has 342 valence electrons. The Kier molecular flexibility index (Phi) is 14.2. The van der Waals surface area contributed by atoms with Gasteiger partial charge in [-0.25, -0.2) is 14.6 Å². The molecule has 0 spiro atoms.